The normalized spacial score (nSPS) is 12.7. The molecule has 0 rings (SSSR count). The number of carbonyl (C=O) groups is 3. The van der Waals surface area contributed by atoms with Crippen LogP contribution in [0.4, 0.5) is 0 Å². The summed E-state index contributed by atoms with van der Waals surface area (Å²) >= 11 is 0. The Labute approximate surface area is 457 Å². The zero-order valence-corrected chi connectivity index (χ0v) is 48.6. The Hall–Kier alpha value is -3.67. The topological polar surface area (TPSA) is 78.9 Å². The Morgan fingerprint density at radius 3 is 0.838 bits per heavy atom. The number of esters is 3. The molecule has 0 aliphatic carbocycles. The second-order valence-electron chi connectivity index (χ2n) is 20.6. The van der Waals surface area contributed by atoms with Gasteiger partial charge in [-0.2, -0.15) is 0 Å². The van der Waals surface area contributed by atoms with Gasteiger partial charge in [-0.05, 0) is 103 Å². The molecule has 6 heteroatoms. The number of allylic oxidation sites excluding steroid dienone is 16. The Morgan fingerprint density at radius 1 is 0.284 bits per heavy atom. The van der Waals surface area contributed by atoms with E-state index in [1.54, 1.807) is 0 Å². The third kappa shape index (κ3) is 59.2. The minimum absolute atomic E-state index is 0.0824. The van der Waals surface area contributed by atoms with E-state index in [9.17, 15) is 14.4 Å². The summed E-state index contributed by atoms with van der Waals surface area (Å²) in [5.41, 5.74) is 0. The van der Waals surface area contributed by atoms with Crippen molar-refractivity contribution in [2.45, 2.75) is 303 Å². The molecule has 424 valence electrons. The highest BCUT2D eigenvalue weighted by molar-refractivity contribution is 5.71. The van der Waals surface area contributed by atoms with Crippen LogP contribution in [0.15, 0.2) is 97.2 Å². The molecule has 0 aromatic carbocycles. The van der Waals surface area contributed by atoms with E-state index in [0.29, 0.717) is 19.3 Å². The largest absolute Gasteiger partial charge is 0.462 e. The molecule has 74 heavy (non-hydrogen) atoms. The first-order chi connectivity index (χ1) is 36.5. The minimum atomic E-state index is -0.786. The minimum Gasteiger partial charge on any atom is -0.462 e. The fraction of sp³-hybridized carbons (Fsp3) is 0.721. The third-order valence-electron chi connectivity index (χ3n) is 13.3. The van der Waals surface area contributed by atoms with E-state index in [0.717, 1.165) is 122 Å². The van der Waals surface area contributed by atoms with E-state index in [1.165, 1.54) is 135 Å². The zero-order valence-electron chi connectivity index (χ0n) is 48.6. The molecule has 0 radical (unpaired) electrons. The van der Waals surface area contributed by atoms with Crippen molar-refractivity contribution in [2.75, 3.05) is 13.2 Å². The van der Waals surface area contributed by atoms with Gasteiger partial charge < -0.3 is 14.2 Å². The van der Waals surface area contributed by atoms with E-state index in [4.69, 9.17) is 14.2 Å². The van der Waals surface area contributed by atoms with Gasteiger partial charge >= 0.3 is 17.9 Å². The number of ether oxygens (including phenoxy) is 3. The quantitative estimate of drug-likeness (QED) is 0.0261. The third-order valence-corrected chi connectivity index (χ3v) is 13.3. The van der Waals surface area contributed by atoms with Gasteiger partial charge in [0.15, 0.2) is 6.10 Å². The van der Waals surface area contributed by atoms with E-state index < -0.39 is 6.10 Å². The molecule has 1 atom stereocenters. The van der Waals surface area contributed by atoms with Crippen molar-refractivity contribution in [1.29, 1.82) is 0 Å². The summed E-state index contributed by atoms with van der Waals surface area (Å²) in [7, 11) is 0. The lowest BCUT2D eigenvalue weighted by Gasteiger charge is -2.18. The number of hydrogen-bond donors (Lipinski definition) is 0. The molecule has 0 spiro atoms. The van der Waals surface area contributed by atoms with Crippen LogP contribution >= 0.6 is 0 Å². The predicted molar refractivity (Wildman–Crippen MR) is 320 cm³/mol. The van der Waals surface area contributed by atoms with Crippen molar-refractivity contribution >= 4 is 17.9 Å². The van der Waals surface area contributed by atoms with Gasteiger partial charge in [0, 0.05) is 19.3 Å². The van der Waals surface area contributed by atoms with E-state index in [1.807, 2.05) is 0 Å². The SMILES string of the molecule is CC/C=C\C/C=C\C/C=C\C/C=C\C/C=C\C/C=C\C/C=C\CCCCCCCC(=O)OCC(COC(=O)CCCCCCCCCCCC)OC(=O)CCCCCCCCCCC/C=C\CCCCCCCC. The molecule has 6 nitrogen and oxygen atoms in total. The maximum Gasteiger partial charge on any atom is 0.306 e. The fourth-order valence-electron chi connectivity index (χ4n) is 8.65. The van der Waals surface area contributed by atoms with E-state index in [-0.39, 0.29) is 31.1 Å². The lowest BCUT2D eigenvalue weighted by atomic mass is 10.1. The molecule has 1 unspecified atom stereocenters. The maximum atomic E-state index is 12.9. The molecular formula is C68H116O6. The summed E-state index contributed by atoms with van der Waals surface area (Å²) in [5, 5.41) is 0. The van der Waals surface area contributed by atoms with Gasteiger partial charge in [0.05, 0.1) is 0 Å². The molecule has 0 N–H and O–H groups in total. The van der Waals surface area contributed by atoms with Crippen molar-refractivity contribution in [3.8, 4) is 0 Å². The number of unbranched alkanes of at least 4 members (excludes halogenated alkanes) is 29. The van der Waals surface area contributed by atoms with E-state index >= 15 is 0 Å². The van der Waals surface area contributed by atoms with Gasteiger partial charge in [-0.25, -0.2) is 0 Å². The van der Waals surface area contributed by atoms with Crippen LogP contribution in [0.3, 0.4) is 0 Å². The van der Waals surface area contributed by atoms with Crippen LogP contribution in [0.1, 0.15) is 297 Å². The van der Waals surface area contributed by atoms with Gasteiger partial charge in [0.1, 0.15) is 13.2 Å². The zero-order chi connectivity index (χ0) is 53.6. The number of hydrogen-bond acceptors (Lipinski definition) is 6. The summed E-state index contributed by atoms with van der Waals surface area (Å²) in [4.78, 5) is 38.2. The van der Waals surface area contributed by atoms with Gasteiger partial charge in [-0.15, -0.1) is 0 Å². The summed E-state index contributed by atoms with van der Waals surface area (Å²) in [6.45, 7) is 6.51. The van der Waals surface area contributed by atoms with Gasteiger partial charge in [-0.1, -0.05) is 272 Å². The molecule has 0 saturated carbocycles. The number of carbonyl (C=O) groups excluding carboxylic acids is 3. The standard InChI is InChI=1S/C68H116O6/c1-4-7-10-13-16-19-22-24-26-28-30-31-32-33-34-35-36-37-39-40-42-44-46-49-52-55-58-61-67(70)73-64-65(63-72-66(69)60-57-54-51-48-21-18-15-12-9-6-3)74-68(71)62-59-56-53-50-47-45-43-41-38-29-27-25-23-20-17-14-11-8-5-2/h7,10,16,19,24-27,30-31,33-34,36-37,40,42,65H,4-6,8-9,11-15,17-18,20-23,28-29,32,35,38-39,41,43-64H2,1-3H3/b10-7-,19-16-,26-24-,27-25-,31-30-,34-33-,37-36-,42-40-. The predicted octanol–water partition coefficient (Wildman–Crippen LogP) is 21.3. The molecule has 0 aliphatic rings. The van der Waals surface area contributed by atoms with Crippen molar-refractivity contribution in [3.05, 3.63) is 97.2 Å². The van der Waals surface area contributed by atoms with Crippen LogP contribution in [0.25, 0.3) is 0 Å². The first kappa shape index (κ1) is 70.3. The highest BCUT2D eigenvalue weighted by Crippen LogP contribution is 2.16. The summed E-state index contributed by atoms with van der Waals surface area (Å²) in [6, 6.07) is 0. The smallest absolute Gasteiger partial charge is 0.306 e. The summed E-state index contributed by atoms with van der Waals surface area (Å²) < 4.78 is 16.9. The van der Waals surface area contributed by atoms with Crippen molar-refractivity contribution < 1.29 is 28.6 Å². The van der Waals surface area contributed by atoms with Crippen LogP contribution < -0.4 is 0 Å². The van der Waals surface area contributed by atoms with Crippen LogP contribution in [0.5, 0.6) is 0 Å². The Balaban J connectivity index is 4.31. The molecular weight excluding hydrogens is 913 g/mol. The molecule has 0 fully saturated rings. The maximum absolute atomic E-state index is 12.9. The molecule has 0 aromatic rings. The number of rotatable bonds is 56. The second kappa shape index (κ2) is 61.9. The average molecular weight is 1030 g/mol. The van der Waals surface area contributed by atoms with Crippen molar-refractivity contribution in [1.82, 2.24) is 0 Å². The Kier molecular flexibility index (Phi) is 58.8. The molecule has 0 heterocycles. The van der Waals surface area contributed by atoms with Crippen molar-refractivity contribution in [3.63, 3.8) is 0 Å². The molecule has 0 aliphatic heterocycles. The first-order valence-electron chi connectivity index (χ1n) is 31.2. The lowest BCUT2D eigenvalue weighted by molar-refractivity contribution is -0.167. The van der Waals surface area contributed by atoms with Crippen LogP contribution in [0, 0.1) is 0 Å². The van der Waals surface area contributed by atoms with E-state index in [2.05, 4.69) is 118 Å². The fourth-order valence-corrected chi connectivity index (χ4v) is 8.65. The lowest BCUT2D eigenvalue weighted by Crippen LogP contribution is -2.30. The van der Waals surface area contributed by atoms with Gasteiger partial charge in [0.25, 0.3) is 0 Å². The first-order valence-corrected chi connectivity index (χ1v) is 31.2. The Morgan fingerprint density at radius 2 is 0.527 bits per heavy atom. The second-order valence-corrected chi connectivity index (χ2v) is 20.6. The summed E-state index contributed by atoms with van der Waals surface area (Å²) in [6.07, 6.45) is 82.7. The Bertz CT molecular complexity index is 1460. The molecule has 0 saturated heterocycles. The van der Waals surface area contributed by atoms with Gasteiger partial charge in [-0.3, -0.25) is 14.4 Å². The monoisotopic (exact) mass is 1030 g/mol. The van der Waals surface area contributed by atoms with Gasteiger partial charge in [0.2, 0.25) is 0 Å². The highest BCUT2D eigenvalue weighted by atomic mass is 16.6. The van der Waals surface area contributed by atoms with Crippen LogP contribution in [-0.2, 0) is 28.6 Å². The summed E-state index contributed by atoms with van der Waals surface area (Å²) in [5.74, 6) is -0.898. The molecule has 0 bridgehead atoms. The van der Waals surface area contributed by atoms with Crippen LogP contribution in [-0.4, -0.2) is 37.2 Å². The molecule has 0 amide bonds. The van der Waals surface area contributed by atoms with Crippen LogP contribution in [0.2, 0.25) is 0 Å². The molecule has 0 aromatic heterocycles. The average Bonchev–Trinajstić information content (AvgIpc) is 3.40. The van der Waals surface area contributed by atoms with Crippen molar-refractivity contribution in [2.24, 2.45) is 0 Å². The highest BCUT2D eigenvalue weighted by Gasteiger charge is 2.19.